The van der Waals surface area contributed by atoms with Crippen LogP contribution in [0.1, 0.15) is 38.8 Å². The third-order valence-electron chi connectivity index (χ3n) is 3.98. The number of allylic oxidation sites excluding steroid dienone is 2. The summed E-state index contributed by atoms with van der Waals surface area (Å²) in [5.74, 6) is 0.190. The molecule has 1 aliphatic heterocycles. The van der Waals surface area contributed by atoms with Crippen molar-refractivity contribution in [2.75, 3.05) is 6.61 Å². The average Bonchev–Trinajstić information content (AvgIpc) is 2.57. The van der Waals surface area contributed by atoms with Gasteiger partial charge in [0.15, 0.2) is 5.71 Å². The van der Waals surface area contributed by atoms with E-state index >= 15 is 0 Å². The van der Waals surface area contributed by atoms with Crippen LogP contribution in [0.4, 0.5) is 0 Å². The fourth-order valence-corrected chi connectivity index (χ4v) is 3.34. The number of aryl methyl sites for hydroxylation is 1. The zero-order chi connectivity index (χ0) is 19.4. The Morgan fingerprint density at radius 3 is 2.62 bits per heavy atom. The van der Waals surface area contributed by atoms with Crippen molar-refractivity contribution in [1.29, 1.82) is 5.41 Å². The van der Waals surface area contributed by atoms with Gasteiger partial charge in [0.1, 0.15) is 5.82 Å². The summed E-state index contributed by atoms with van der Waals surface area (Å²) in [5.41, 5.74) is 4.03. The van der Waals surface area contributed by atoms with Crippen molar-refractivity contribution < 1.29 is 9.53 Å². The normalized spacial score (nSPS) is 15.8. The van der Waals surface area contributed by atoms with Gasteiger partial charge in [-0.15, -0.1) is 0 Å². The van der Waals surface area contributed by atoms with Crippen LogP contribution in [0.25, 0.3) is 5.57 Å². The first kappa shape index (κ1) is 20.1. The van der Waals surface area contributed by atoms with Gasteiger partial charge < -0.3 is 15.5 Å². The molecule has 26 heavy (non-hydrogen) atoms. The fraction of sp³-hybridized carbons (Fsp3) is 0.350. The maximum atomic E-state index is 12.3. The lowest BCUT2D eigenvalue weighted by molar-refractivity contribution is -0.134. The molecule has 0 unspecified atom stereocenters. The molecule has 0 radical (unpaired) electrons. The lowest BCUT2D eigenvalue weighted by Crippen LogP contribution is -2.28. The van der Waals surface area contributed by atoms with Gasteiger partial charge in [0.25, 0.3) is 0 Å². The number of esters is 1. The SMILES string of the molecule is CCOC(=O)C1=N/C(=C(/C(C)=N)c2c(C)cccc2Br)NC(C(C)C)=C1. The van der Waals surface area contributed by atoms with Crippen LogP contribution in [0.5, 0.6) is 0 Å². The highest BCUT2D eigenvalue weighted by molar-refractivity contribution is 9.10. The molecule has 0 saturated carbocycles. The van der Waals surface area contributed by atoms with Crippen molar-refractivity contribution in [1.82, 2.24) is 5.32 Å². The molecule has 5 nitrogen and oxygen atoms in total. The van der Waals surface area contributed by atoms with Gasteiger partial charge in [-0.3, -0.25) is 0 Å². The Kier molecular flexibility index (Phi) is 6.53. The van der Waals surface area contributed by atoms with E-state index in [9.17, 15) is 4.79 Å². The molecule has 1 aromatic rings. The van der Waals surface area contributed by atoms with Gasteiger partial charge in [0, 0.05) is 27.0 Å². The van der Waals surface area contributed by atoms with Gasteiger partial charge in [0.2, 0.25) is 0 Å². The highest BCUT2D eigenvalue weighted by atomic mass is 79.9. The van der Waals surface area contributed by atoms with Crippen LogP contribution in [0.2, 0.25) is 0 Å². The molecule has 0 spiro atoms. The Bertz CT molecular complexity index is 815. The van der Waals surface area contributed by atoms with Crippen molar-refractivity contribution in [2.24, 2.45) is 10.9 Å². The Hall–Kier alpha value is -2.21. The van der Waals surface area contributed by atoms with Crippen LogP contribution in [-0.2, 0) is 9.53 Å². The van der Waals surface area contributed by atoms with E-state index in [1.54, 1.807) is 19.9 Å². The van der Waals surface area contributed by atoms with Crippen molar-refractivity contribution >= 4 is 38.9 Å². The summed E-state index contributed by atoms with van der Waals surface area (Å²) in [5, 5.41) is 11.6. The Morgan fingerprint density at radius 2 is 2.08 bits per heavy atom. The summed E-state index contributed by atoms with van der Waals surface area (Å²) >= 11 is 3.58. The number of nitrogens with zero attached hydrogens (tertiary/aromatic N) is 1. The van der Waals surface area contributed by atoms with E-state index in [0.717, 1.165) is 21.3 Å². The molecule has 0 amide bonds. The van der Waals surface area contributed by atoms with Crippen LogP contribution in [0.15, 0.2) is 45.3 Å². The number of hydrogen-bond donors (Lipinski definition) is 2. The van der Waals surface area contributed by atoms with E-state index in [1.807, 2.05) is 39.0 Å². The van der Waals surface area contributed by atoms with Crippen molar-refractivity contribution in [3.8, 4) is 0 Å². The number of carbonyl (C=O) groups excluding carboxylic acids is 1. The summed E-state index contributed by atoms with van der Waals surface area (Å²) in [6.07, 6.45) is 1.72. The first-order valence-electron chi connectivity index (χ1n) is 8.55. The summed E-state index contributed by atoms with van der Waals surface area (Å²) < 4.78 is 6.00. The highest BCUT2D eigenvalue weighted by Crippen LogP contribution is 2.32. The number of aliphatic imine (C=N–C) groups is 1. The van der Waals surface area contributed by atoms with E-state index < -0.39 is 5.97 Å². The zero-order valence-corrected chi connectivity index (χ0v) is 17.3. The molecule has 6 heteroatoms. The van der Waals surface area contributed by atoms with Gasteiger partial charge in [0.05, 0.1) is 6.61 Å². The first-order chi connectivity index (χ1) is 12.3. The molecule has 0 bridgehead atoms. The van der Waals surface area contributed by atoms with Crippen LogP contribution in [0.3, 0.4) is 0 Å². The van der Waals surface area contributed by atoms with Crippen LogP contribution in [-0.4, -0.2) is 24.0 Å². The molecule has 1 aromatic carbocycles. The Labute approximate surface area is 162 Å². The van der Waals surface area contributed by atoms with Crippen molar-refractivity contribution in [2.45, 2.75) is 34.6 Å². The maximum absolute atomic E-state index is 12.3. The average molecular weight is 418 g/mol. The predicted molar refractivity (Wildman–Crippen MR) is 109 cm³/mol. The quantitative estimate of drug-likeness (QED) is 0.542. The first-order valence-corrected chi connectivity index (χ1v) is 9.35. The molecule has 0 aromatic heterocycles. The molecule has 0 atom stereocenters. The third-order valence-corrected chi connectivity index (χ3v) is 4.64. The number of hydrogen-bond acceptors (Lipinski definition) is 5. The Morgan fingerprint density at radius 1 is 1.38 bits per heavy atom. The van der Waals surface area contributed by atoms with E-state index in [-0.39, 0.29) is 18.2 Å². The smallest absolute Gasteiger partial charge is 0.357 e. The van der Waals surface area contributed by atoms with Crippen LogP contribution < -0.4 is 5.32 Å². The largest absolute Gasteiger partial charge is 0.461 e. The summed E-state index contributed by atoms with van der Waals surface area (Å²) in [6.45, 7) is 9.82. The van der Waals surface area contributed by atoms with Gasteiger partial charge >= 0.3 is 5.97 Å². The van der Waals surface area contributed by atoms with Gasteiger partial charge in [-0.2, -0.15) is 0 Å². The topological polar surface area (TPSA) is 74.5 Å². The second-order valence-electron chi connectivity index (χ2n) is 6.38. The lowest BCUT2D eigenvalue weighted by atomic mass is 9.96. The summed E-state index contributed by atoms with van der Waals surface area (Å²) in [6, 6.07) is 5.87. The molecule has 0 saturated heterocycles. The number of benzene rings is 1. The molecule has 0 aliphatic carbocycles. The fourth-order valence-electron chi connectivity index (χ4n) is 2.67. The summed E-state index contributed by atoms with van der Waals surface area (Å²) in [4.78, 5) is 16.7. The Balaban J connectivity index is 2.72. The van der Waals surface area contributed by atoms with Gasteiger partial charge in [-0.1, -0.05) is 41.9 Å². The molecule has 2 rings (SSSR count). The number of carbonyl (C=O) groups is 1. The standard InChI is InChI=1S/C20H24BrN3O2/c1-6-26-20(25)16-10-15(11(2)3)23-19(24-16)18(13(5)22)17-12(4)8-7-9-14(17)21/h7-11,22-23H,6H2,1-5H3/b19-18-,22-13?. The minimum atomic E-state index is -0.463. The zero-order valence-electron chi connectivity index (χ0n) is 15.7. The third kappa shape index (κ3) is 4.30. The minimum Gasteiger partial charge on any atom is -0.461 e. The van der Waals surface area contributed by atoms with E-state index in [0.29, 0.717) is 17.1 Å². The second-order valence-corrected chi connectivity index (χ2v) is 7.23. The van der Waals surface area contributed by atoms with E-state index in [4.69, 9.17) is 10.1 Å². The minimum absolute atomic E-state index is 0.164. The maximum Gasteiger partial charge on any atom is 0.357 e. The van der Waals surface area contributed by atoms with Gasteiger partial charge in [-0.05, 0) is 44.4 Å². The number of halogens is 1. The van der Waals surface area contributed by atoms with Gasteiger partial charge in [-0.25, -0.2) is 9.79 Å². The van der Waals surface area contributed by atoms with E-state index in [1.165, 1.54) is 0 Å². The molecular formula is C20H24BrN3O2. The monoisotopic (exact) mass is 417 g/mol. The second kappa shape index (κ2) is 8.45. The van der Waals surface area contributed by atoms with Crippen molar-refractivity contribution in [3.63, 3.8) is 0 Å². The lowest BCUT2D eigenvalue weighted by Gasteiger charge is -2.23. The number of nitrogens with one attached hydrogen (secondary N) is 2. The molecule has 2 N–H and O–H groups in total. The van der Waals surface area contributed by atoms with Crippen LogP contribution >= 0.6 is 15.9 Å². The van der Waals surface area contributed by atoms with E-state index in [2.05, 4.69) is 26.2 Å². The highest BCUT2D eigenvalue weighted by Gasteiger charge is 2.24. The number of rotatable bonds is 5. The molecule has 1 heterocycles. The van der Waals surface area contributed by atoms with Crippen molar-refractivity contribution in [3.05, 3.63) is 51.4 Å². The molecule has 0 fully saturated rings. The number of ether oxygens (including phenoxy) is 1. The van der Waals surface area contributed by atoms with Crippen LogP contribution in [0, 0.1) is 18.3 Å². The summed E-state index contributed by atoms with van der Waals surface area (Å²) in [7, 11) is 0. The molecule has 1 aliphatic rings. The molecule has 138 valence electrons. The predicted octanol–water partition coefficient (Wildman–Crippen LogP) is 4.61. The molecular weight excluding hydrogens is 394 g/mol.